The minimum Gasteiger partial charge on any atom is -0.462 e. The van der Waals surface area contributed by atoms with Crippen LogP contribution in [-0.4, -0.2) is 45.5 Å². The molecule has 41 heavy (non-hydrogen) atoms. The lowest BCUT2D eigenvalue weighted by Gasteiger charge is -2.01. The van der Waals surface area contributed by atoms with Crippen LogP contribution in [0.4, 0.5) is 0 Å². The monoisotopic (exact) mass is 552 g/mol. The van der Waals surface area contributed by atoms with Gasteiger partial charge in [0, 0.05) is 35.3 Å². The third-order valence-electron chi connectivity index (χ3n) is 5.54. The summed E-state index contributed by atoms with van der Waals surface area (Å²) in [5.74, 6) is 0.938. The lowest BCUT2D eigenvalue weighted by Crippen LogP contribution is -2.10. The molecule has 5 rings (SSSR count). The zero-order chi connectivity index (χ0) is 29.2. The second kappa shape index (κ2) is 13.6. The van der Waals surface area contributed by atoms with Crippen LogP contribution in [0, 0.1) is 13.8 Å². The lowest BCUT2D eigenvalue weighted by molar-refractivity contribution is -0.147. The molecule has 5 aromatic rings. The fourth-order valence-corrected chi connectivity index (χ4v) is 3.64. The van der Waals surface area contributed by atoms with E-state index in [2.05, 4.69) is 36.4 Å². The molecule has 0 aliphatic heterocycles. The molecule has 0 radical (unpaired) electrons. The van der Waals surface area contributed by atoms with E-state index in [1.807, 2.05) is 86.6 Å². The summed E-state index contributed by atoms with van der Waals surface area (Å²) in [6.07, 6.45) is 1.05. The van der Waals surface area contributed by atoms with Crippen molar-refractivity contribution < 1.29 is 27.9 Å². The van der Waals surface area contributed by atoms with Crippen molar-refractivity contribution in [2.75, 3.05) is 13.2 Å². The normalized spacial score (nSPS) is 10.3. The summed E-state index contributed by atoms with van der Waals surface area (Å²) < 4.78 is 20.8. The van der Waals surface area contributed by atoms with Crippen molar-refractivity contribution in [3.63, 3.8) is 0 Å². The van der Waals surface area contributed by atoms with Gasteiger partial charge in [-0.15, -0.1) is 20.4 Å². The van der Waals surface area contributed by atoms with Crippen LogP contribution in [0.5, 0.6) is 0 Å². The molecule has 2 heterocycles. The second-order valence-corrected chi connectivity index (χ2v) is 8.86. The number of aromatic nitrogens is 4. The van der Waals surface area contributed by atoms with E-state index in [-0.39, 0.29) is 19.2 Å². The molecule has 3 aromatic carbocycles. The average Bonchev–Trinajstić information content (AvgIpc) is 3.67. The van der Waals surface area contributed by atoms with Crippen molar-refractivity contribution in [2.45, 2.75) is 20.8 Å². The van der Waals surface area contributed by atoms with E-state index in [0.717, 1.165) is 39.5 Å². The van der Waals surface area contributed by atoms with Crippen LogP contribution >= 0.6 is 0 Å². The first-order valence-corrected chi connectivity index (χ1v) is 12.7. The van der Waals surface area contributed by atoms with Crippen molar-refractivity contribution >= 4 is 11.9 Å². The molecule has 10 nitrogen and oxygen atoms in total. The van der Waals surface area contributed by atoms with Gasteiger partial charge in [-0.25, -0.2) is 4.79 Å². The van der Waals surface area contributed by atoms with Crippen LogP contribution in [-0.2, 0) is 19.1 Å². The van der Waals surface area contributed by atoms with Crippen LogP contribution in [0.2, 0.25) is 0 Å². The van der Waals surface area contributed by atoms with E-state index in [4.69, 9.17) is 8.83 Å². The molecule has 0 spiro atoms. The third-order valence-corrected chi connectivity index (χ3v) is 5.54. The van der Waals surface area contributed by atoms with Gasteiger partial charge in [0.25, 0.3) is 0 Å². The Morgan fingerprint density at radius 3 is 1.46 bits per heavy atom. The van der Waals surface area contributed by atoms with E-state index >= 15 is 0 Å². The number of nitrogens with zero attached hydrogens (tertiary/aromatic N) is 4. The molecule has 0 atom stereocenters. The first-order valence-electron chi connectivity index (χ1n) is 12.7. The second-order valence-electron chi connectivity index (χ2n) is 8.86. The Balaban J connectivity index is 0.000000301. The Bertz CT molecular complexity index is 1560. The lowest BCUT2D eigenvalue weighted by atomic mass is 10.1. The molecule has 0 aliphatic carbocycles. The fourth-order valence-electron chi connectivity index (χ4n) is 3.64. The fraction of sp³-hybridized carbons (Fsp3) is 0.161. The zero-order valence-corrected chi connectivity index (χ0v) is 22.9. The maximum atomic E-state index is 10.4. The Morgan fingerprint density at radius 1 is 0.683 bits per heavy atom. The summed E-state index contributed by atoms with van der Waals surface area (Å²) in [5.41, 5.74) is 5.63. The predicted octanol–water partition coefficient (Wildman–Crippen LogP) is 6.02. The van der Waals surface area contributed by atoms with Gasteiger partial charge in [0.1, 0.15) is 13.2 Å². The summed E-state index contributed by atoms with van der Waals surface area (Å²) in [6.45, 7) is 8.70. The topological polar surface area (TPSA) is 130 Å². The average molecular weight is 553 g/mol. The van der Waals surface area contributed by atoms with Gasteiger partial charge in [-0.3, -0.25) is 4.79 Å². The molecule has 0 amide bonds. The predicted molar refractivity (Wildman–Crippen MR) is 151 cm³/mol. The van der Waals surface area contributed by atoms with Crippen LogP contribution in [0.1, 0.15) is 18.1 Å². The quantitative estimate of drug-likeness (QED) is 0.128. The van der Waals surface area contributed by atoms with Gasteiger partial charge < -0.3 is 18.3 Å². The van der Waals surface area contributed by atoms with Crippen LogP contribution in [0.25, 0.3) is 45.8 Å². The smallest absolute Gasteiger partial charge is 0.330 e. The van der Waals surface area contributed by atoms with Gasteiger partial charge in [0.2, 0.25) is 23.6 Å². The van der Waals surface area contributed by atoms with E-state index in [0.29, 0.717) is 23.6 Å². The standard InChI is InChI=1S/C24H18N4O2.C7H10O4/c1-15-6-3-8-17(12-15)21-25-27-23(29-21)19-10-5-11-20(14-19)24-28-26-22(30-24)18-9-4-7-16(2)13-18;1-3-7(9)11-5-4-10-6(2)8/h3-14H,1-2H3;3H,1,4-5H2,2H3. The number of carbonyl (C=O) groups is 2. The Kier molecular flexibility index (Phi) is 9.50. The number of ether oxygens (including phenoxy) is 2. The van der Waals surface area contributed by atoms with Crippen molar-refractivity contribution in [3.8, 4) is 45.8 Å². The van der Waals surface area contributed by atoms with Gasteiger partial charge >= 0.3 is 11.9 Å². The van der Waals surface area contributed by atoms with E-state index < -0.39 is 5.97 Å². The molecule has 0 saturated carbocycles. The summed E-state index contributed by atoms with van der Waals surface area (Å²) in [4.78, 5) is 20.6. The zero-order valence-electron chi connectivity index (χ0n) is 22.9. The number of carbonyl (C=O) groups excluding carboxylic acids is 2. The highest BCUT2D eigenvalue weighted by molar-refractivity contribution is 5.81. The summed E-state index contributed by atoms with van der Waals surface area (Å²) in [7, 11) is 0. The van der Waals surface area contributed by atoms with Crippen molar-refractivity contribution in [2.24, 2.45) is 0 Å². The molecular weight excluding hydrogens is 524 g/mol. The van der Waals surface area contributed by atoms with E-state index in [1.165, 1.54) is 6.92 Å². The largest absolute Gasteiger partial charge is 0.462 e. The molecule has 0 N–H and O–H groups in total. The SMILES string of the molecule is C=CC(=O)OCCOC(C)=O.Cc1cccc(-c2nnc(-c3cccc(-c4nnc(-c5cccc(C)c5)o4)c3)o2)c1. The van der Waals surface area contributed by atoms with Gasteiger partial charge in [0.05, 0.1) is 0 Å². The third kappa shape index (κ3) is 8.06. The first kappa shape index (κ1) is 28.6. The van der Waals surface area contributed by atoms with Gasteiger partial charge in [-0.05, 0) is 56.3 Å². The van der Waals surface area contributed by atoms with Crippen molar-refractivity contribution in [1.82, 2.24) is 20.4 Å². The maximum absolute atomic E-state index is 10.4. The molecule has 0 unspecified atom stereocenters. The summed E-state index contributed by atoms with van der Waals surface area (Å²) in [6, 6.07) is 23.5. The molecule has 10 heteroatoms. The van der Waals surface area contributed by atoms with E-state index in [1.54, 1.807) is 0 Å². The van der Waals surface area contributed by atoms with Gasteiger partial charge in [-0.2, -0.15) is 0 Å². The number of aryl methyl sites for hydroxylation is 2. The molecule has 0 aliphatic rings. The molecule has 0 bridgehead atoms. The summed E-state index contributed by atoms with van der Waals surface area (Å²) in [5, 5.41) is 16.8. The Hall–Kier alpha value is -5.38. The highest BCUT2D eigenvalue weighted by Crippen LogP contribution is 2.29. The number of benzene rings is 3. The molecule has 208 valence electrons. The van der Waals surface area contributed by atoms with Gasteiger partial charge in [-0.1, -0.05) is 48.0 Å². The number of rotatable bonds is 8. The van der Waals surface area contributed by atoms with Crippen LogP contribution < -0.4 is 0 Å². The van der Waals surface area contributed by atoms with Crippen LogP contribution in [0.3, 0.4) is 0 Å². The molecule has 0 fully saturated rings. The first-order chi connectivity index (χ1) is 19.8. The number of hydrogen-bond acceptors (Lipinski definition) is 10. The minimum atomic E-state index is -0.517. The number of hydrogen-bond donors (Lipinski definition) is 0. The molecule has 0 saturated heterocycles. The number of esters is 2. The Morgan fingerprint density at radius 2 is 1.07 bits per heavy atom. The Labute approximate surface area is 236 Å². The minimum absolute atomic E-state index is 0.0738. The van der Waals surface area contributed by atoms with E-state index in [9.17, 15) is 9.59 Å². The molecular formula is C31H28N4O6. The van der Waals surface area contributed by atoms with Crippen molar-refractivity contribution in [1.29, 1.82) is 0 Å². The molecule has 2 aromatic heterocycles. The highest BCUT2D eigenvalue weighted by atomic mass is 16.6. The van der Waals surface area contributed by atoms with Crippen molar-refractivity contribution in [3.05, 3.63) is 96.6 Å². The summed E-state index contributed by atoms with van der Waals surface area (Å²) >= 11 is 0. The van der Waals surface area contributed by atoms with Crippen LogP contribution in [0.15, 0.2) is 94.3 Å². The highest BCUT2D eigenvalue weighted by Gasteiger charge is 2.14. The van der Waals surface area contributed by atoms with Gasteiger partial charge in [0.15, 0.2) is 0 Å². The maximum Gasteiger partial charge on any atom is 0.330 e.